The highest BCUT2D eigenvalue weighted by Gasteiger charge is 2.19. The SMILES string of the molecule is CCNC(=NCCCS(=O)(=O)c1ccccc1)N1CCc2ccccc2C1. The Morgan fingerprint density at radius 2 is 1.78 bits per heavy atom. The molecule has 0 spiro atoms. The Hall–Kier alpha value is -2.34. The molecule has 0 saturated heterocycles. The fourth-order valence-corrected chi connectivity index (χ4v) is 4.60. The molecule has 1 N–H and O–H groups in total. The first kappa shape index (κ1) is 19.4. The highest BCUT2D eigenvalue weighted by molar-refractivity contribution is 7.91. The molecule has 1 aliphatic rings. The molecule has 5 nitrogen and oxygen atoms in total. The largest absolute Gasteiger partial charge is 0.357 e. The van der Waals surface area contributed by atoms with E-state index in [-0.39, 0.29) is 5.75 Å². The lowest BCUT2D eigenvalue weighted by atomic mass is 10.0. The molecule has 0 bridgehead atoms. The van der Waals surface area contributed by atoms with Crippen LogP contribution in [0, 0.1) is 0 Å². The van der Waals surface area contributed by atoms with Gasteiger partial charge in [0.15, 0.2) is 15.8 Å². The number of hydrogen-bond donors (Lipinski definition) is 1. The Bertz CT molecular complexity index is 879. The summed E-state index contributed by atoms with van der Waals surface area (Å²) in [5.41, 5.74) is 2.74. The Morgan fingerprint density at radius 3 is 2.52 bits per heavy atom. The lowest BCUT2D eigenvalue weighted by molar-refractivity contribution is 0.378. The fourth-order valence-electron chi connectivity index (χ4n) is 3.29. The quantitative estimate of drug-likeness (QED) is 0.472. The van der Waals surface area contributed by atoms with Gasteiger partial charge in [-0.1, -0.05) is 42.5 Å². The first-order valence-corrected chi connectivity index (χ1v) is 11.1. The van der Waals surface area contributed by atoms with Crippen molar-refractivity contribution in [1.29, 1.82) is 0 Å². The molecule has 0 aliphatic carbocycles. The van der Waals surface area contributed by atoms with Gasteiger partial charge < -0.3 is 10.2 Å². The van der Waals surface area contributed by atoms with E-state index in [1.165, 1.54) is 11.1 Å². The molecule has 0 amide bonds. The van der Waals surface area contributed by atoms with Crippen molar-refractivity contribution in [1.82, 2.24) is 10.2 Å². The molecular formula is C21H27N3O2S. The van der Waals surface area contributed by atoms with Gasteiger partial charge in [0.2, 0.25) is 0 Å². The second-order valence-electron chi connectivity index (χ2n) is 6.66. The zero-order chi connectivity index (χ0) is 19.1. The van der Waals surface area contributed by atoms with E-state index < -0.39 is 9.84 Å². The van der Waals surface area contributed by atoms with Crippen molar-refractivity contribution in [3.05, 3.63) is 65.7 Å². The van der Waals surface area contributed by atoms with Crippen LogP contribution >= 0.6 is 0 Å². The topological polar surface area (TPSA) is 61.8 Å². The van der Waals surface area contributed by atoms with Crippen molar-refractivity contribution < 1.29 is 8.42 Å². The number of nitrogens with zero attached hydrogens (tertiary/aromatic N) is 2. The molecule has 144 valence electrons. The standard InChI is InChI=1S/C21H27N3O2S/c1-2-22-21(24-15-13-18-9-6-7-10-19(18)17-24)23-14-8-16-27(25,26)20-11-4-3-5-12-20/h3-7,9-12H,2,8,13-17H2,1H3,(H,22,23). The Labute approximate surface area is 162 Å². The van der Waals surface area contributed by atoms with Gasteiger partial charge in [0.05, 0.1) is 10.6 Å². The summed E-state index contributed by atoms with van der Waals surface area (Å²) in [6.07, 6.45) is 1.51. The summed E-state index contributed by atoms with van der Waals surface area (Å²) in [4.78, 5) is 7.30. The van der Waals surface area contributed by atoms with Crippen molar-refractivity contribution in [2.45, 2.75) is 31.2 Å². The van der Waals surface area contributed by atoms with Gasteiger partial charge >= 0.3 is 0 Å². The van der Waals surface area contributed by atoms with Gasteiger partial charge in [0.25, 0.3) is 0 Å². The van der Waals surface area contributed by atoms with Gasteiger partial charge in [-0.2, -0.15) is 0 Å². The monoisotopic (exact) mass is 385 g/mol. The Kier molecular flexibility index (Phi) is 6.50. The molecule has 0 unspecified atom stereocenters. The van der Waals surface area contributed by atoms with Crippen LogP contribution in [0.3, 0.4) is 0 Å². The lowest BCUT2D eigenvalue weighted by Crippen LogP contribution is -2.44. The van der Waals surface area contributed by atoms with E-state index in [4.69, 9.17) is 0 Å². The molecule has 1 aliphatic heterocycles. The number of hydrogen-bond acceptors (Lipinski definition) is 3. The van der Waals surface area contributed by atoms with Crippen LogP contribution in [0.15, 0.2) is 64.5 Å². The van der Waals surface area contributed by atoms with Gasteiger partial charge in [0.1, 0.15) is 0 Å². The molecule has 0 saturated carbocycles. The maximum Gasteiger partial charge on any atom is 0.194 e. The van der Waals surface area contributed by atoms with Gasteiger partial charge in [-0.3, -0.25) is 4.99 Å². The summed E-state index contributed by atoms with van der Waals surface area (Å²) >= 11 is 0. The summed E-state index contributed by atoms with van der Waals surface area (Å²) in [5, 5.41) is 3.34. The maximum atomic E-state index is 12.4. The van der Waals surface area contributed by atoms with Crippen molar-refractivity contribution >= 4 is 15.8 Å². The predicted molar refractivity (Wildman–Crippen MR) is 110 cm³/mol. The Balaban J connectivity index is 1.60. The molecule has 27 heavy (non-hydrogen) atoms. The van der Waals surface area contributed by atoms with E-state index in [2.05, 4.69) is 39.5 Å². The summed E-state index contributed by atoms with van der Waals surface area (Å²) in [7, 11) is -3.24. The van der Waals surface area contributed by atoms with E-state index in [0.717, 1.165) is 32.0 Å². The molecule has 6 heteroatoms. The van der Waals surface area contributed by atoms with E-state index in [1.54, 1.807) is 24.3 Å². The van der Waals surface area contributed by atoms with Crippen molar-refractivity contribution in [2.24, 2.45) is 4.99 Å². The summed E-state index contributed by atoms with van der Waals surface area (Å²) in [6.45, 7) is 5.09. The lowest BCUT2D eigenvalue weighted by Gasteiger charge is -2.31. The second kappa shape index (κ2) is 9.04. The highest BCUT2D eigenvalue weighted by Crippen LogP contribution is 2.18. The number of rotatable bonds is 6. The molecule has 3 rings (SSSR count). The number of nitrogens with one attached hydrogen (secondary N) is 1. The second-order valence-corrected chi connectivity index (χ2v) is 8.77. The average Bonchev–Trinajstić information content (AvgIpc) is 2.70. The third-order valence-corrected chi connectivity index (χ3v) is 6.52. The maximum absolute atomic E-state index is 12.4. The number of fused-ring (bicyclic) bond motifs is 1. The molecule has 0 aromatic heterocycles. The third kappa shape index (κ3) is 5.10. The van der Waals surface area contributed by atoms with Crippen LogP contribution in [0.1, 0.15) is 24.5 Å². The zero-order valence-electron chi connectivity index (χ0n) is 15.8. The number of benzene rings is 2. The fraction of sp³-hybridized carbons (Fsp3) is 0.381. The highest BCUT2D eigenvalue weighted by atomic mass is 32.2. The van der Waals surface area contributed by atoms with Crippen molar-refractivity contribution in [2.75, 3.05) is 25.4 Å². The molecule has 0 radical (unpaired) electrons. The first-order valence-electron chi connectivity index (χ1n) is 9.48. The van der Waals surface area contributed by atoms with Crippen LogP contribution in [0.5, 0.6) is 0 Å². The van der Waals surface area contributed by atoms with Gasteiger partial charge in [0, 0.05) is 26.2 Å². The summed E-state index contributed by atoms with van der Waals surface area (Å²) < 4.78 is 24.7. The summed E-state index contributed by atoms with van der Waals surface area (Å²) in [6, 6.07) is 17.1. The number of sulfone groups is 1. The number of guanidine groups is 1. The third-order valence-electron chi connectivity index (χ3n) is 4.70. The van der Waals surface area contributed by atoms with Crippen LogP contribution < -0.4 is 5.32 Å². The number of aliphatic imine (C=N–C) groups is 1. The summed E-state index contributed by atoms with van der Waals surface area (Å²) in [5.74, 6) is 0.979. The molecule has 1 heterocycles. The van der Waals surface area contributed by atoms with Crippen LogP contribution in [-0.4, -0.2) is 44.7 Å². The van der Waals surface area contributed by atoms with Crippen molar-refractivity contribution in [3.8, 4) is 0 Å². The van der Waals surface area contributed by atoms with E-state index in [0.29, 0.717) is 17.9 Å². The van der Waals surface area contributed by atoms with E-state index >= 15 is 0 Å². The first-order chi connectivity index (χ1) is 13.1. The Morgan fingerprint density at radius 1 is 1.07 bits per heavy atom. The minimum Gasteiger partial charge on any atom is -0.357 e. The average molecular weight is 386 g/mol. The van der Waals surface area contributed by atoms with Crippen molar-refractivity contribution in [3.63, 3.8) is 0 Å². The van der Waals surface area contributed by atoms with Gasteiger partial charge in [-0.05, 0) is 43.0 Å². The molecule has 2 aromatic rings. The predicted octanol–water partition coefficient (Wildman–Crippen LogP) is 2.87. The molecule has 0 fully saturated rings. The van der Waals surface area contributed by atoms with E-state index in [1.807, 2.05) is 13.0 Å². The molecule has 2 aromatic carbocycles. The van der Waals surface area contributed by atoms with Crippen LogP contribution in [0.2, 0.25) is 0 Å². The van der Waals surface area contributed by atoms with Gasteiger partial charge in [-0.15, -0.1) is 0 Å². The minimum atomic E-state index is -3.24. The van der Waals surface area contributed by atoms with Crippen LogP contribution in [-0.2, 0) is 22.8 Å². The smallest absolute Gasteiger partial charge is 0.194 e. The zero-order valence-corrected chi connectivity index (χ0v) is 16.6. The normalized spacial score (nSPS) is 14.7. The minimum absolute atomic E-state index is 0.114. The van der Waals surface area contributed by atoms with E-state index in [9.17, 15) is 8.42 Å². The van der Waals surface area contributed by atoms with Gasteiger partial charge in [-0.25, -0.2) is 8.42 Å². The van der Waals surface area contributed by atoms with Crippen LogP contribution in [0.4, 0.5) is 0 Å². The molecule has 0 atom stereocenters. The molecular weight excluding hydrogens is 358 g/mol. The van der Waals surface area contributed by atoms with Crippen LogP contribution in [0.25, 0.3) is 0 Å².